The molecule has 2 aromatic carbocycles. The van der Waals surface area contributed by atoms with E-state index in [1.165, 1.54) is 29.5 Å². The van der Waals surface area contributed by atoms with Gasteiger partial charge >= 0.3 is 0 Å². The molecular formula is C20H18BrNO. The van der Waals surface area contributed by atoms with Gasteiger partial charge in [-0.2, -0.15) is 0 Å². The Kier molecular flexibility index (Phi) is 3.14. The van der Waals surface area contributed by atoms with Crippen LogP contribution in [-0.2, 0) is 0 Å². The molecule has 0 saturated carbocycles. The highest BCUT2D eigenvalue weighted by atomic mass is 79.9. The lowest BCUT2D eigenvalue weighted by Crippen LogP contribution is -2.35. The van der Waals surface area contributed by atoms with Gasteiger partial charge in [0, 0.05) is 27.7 Å². The molecule has 2 fully saturated rings. The zero-order valence-corrected chi connectivity index (χ0v) is 14.4. The maximum Gasteiger partial charge on any atom is 0.136 e. The smallest absolute Gasteiger partial charge is 0.136 e. The second-order valence-electron chi connectivity index (χ2n) is 6.76. The van der Waals surface area contributed by atoms with E-state index in [1.54, 1.807) is 5.57 Å². The number of benzene rings is 2. The Morgan fingerprint density at radius 3 is 2.48 bits per heavy atom. The minimum Gasteiger partial charge on any atom is -0.456 e. The van der Waals surface area contributed by atoms with Crippen LogP contribution < -0.4 is 10.1 Å². The Hall–Kier alpha value is -1.58. The Morgan fingerprint density at radius 1 is 0.913 bits per heavy atom. The van der Waals surface area contributed by atoms with Gasteiger partial charge < -0.3 is 10.1 Å². The van der Waals surface area contributed by atoms with Gasteiger partial charge in [0.2, 0.25) is 0 Å². The van der Waals surface area contributed by atoms with Gasteiger partial charge in [-0.3, -0.25) is 0 Å². The molecule has 116 valence electrons. The molecule has 3 aliphatic rings. The van der Waals surface area contributed by atoms with Crippen LogP contribution in [0.4, 0.5) is 0 Å². The predicted octanol–water partition coefficient (Wildman–Crippen LogP) is 5.27. The molecule has 0 aliphatic carbocycles. The molecule has 2 atom stereocenters. The van der Waals surface area contributed by atoms with E-state index in [2.05, 4.69) is 63.7 Å². The van der Waals surface area contributed by atoms with Gasteiger partial charge in [0.1, 0.15) is 11.5 Å². The fourth-order valence-electron chi connectivity index (χ4n) is 4.30. The number of rotatable bonds is 0. The maximum atomic E-state index is 6.17. The third-order valence-corrected chi connectivity index (χ3v) is 5.76. The summed E-state index contributed by atoms with van der Waals surface area (Å²) >= 11 is 3.57. The number of fused-ring (bicyclic) bond motifs is 4. The first-order chi connectivity index (χ1) is 11.3. The monoisotopic (exact) mass is 367 g/mol. The molecule has 2 aromatic rings. The van der Waals surface area contributed by atoms with Crippen molar-refractivity contribution in [1.29, 1.82) is 0 Å². The van der Waals surface area contributed by atoms with Gasteiger partial charge in [0.05, 0.1) is 0 Å². The number of para-hydroxylation sites is 1. The van der Waals surface area contributed by atoms with Crippen LogP contribution >= 0.6 is 15.9 Å². The Balaban J connectivity index is 1.74. The third-order valence-electron chi connectivity index (χ3n) is 5.26. The lowest BCUT2D eigenvalue weighted by Gasteiger charge is -2.30. The lowest BCUT2D eigenvalue weighted by atomic mass is 9.84. The first kappa shape index (κ1) is 13.8. The molecular weight excluding hydrogens is 350 g/mol. The summed E-state index contributed by atoms with van der Waals surface area (Å²) in [6.07, 6.45) is 4.95. The molecule has 2 saturated heterocycles. The normalized spacial score (nSPS) is 24.9. The number of hydrogen-bond donors (Lipinski definition) is 1. The molecule has 0 amide bonds. The van der Waals surface area contributed by atoms with Crippen LogP contribution in [0.25, 0.3) is 5.57 Å². The van der Waals surface area contributed by atoms with Crippen LogP contribution in [0.5, 0.6) is 11.5 Å². The summed E-state index contributed by atoms with van der Waals surface area (Å²) in [4.78, 5) is 0. The zero-order chi connectivity index (χ0) is 15.4. The molecule has 3 aliphatic heterocycles. The van der Waals surface area contributed by atoms with Crippen LogP contribution in [0.1, 0.15) is 36.8 Å². The fourth-order valence-corrected chi connectivity index (χ4v) is 4.64. The van der Waals surface area contributed by atoms with E-state index in [-0.39, 0.29) is 0 Å². The highest BCUT2D eigenvalue weighted by Gasteiger charge is 2.34. The van der Waals surface area contributed by atoms with Gasteiger partial charge in [-0.15, -0.1) is 0 Å². The Morgan fingerprint density at radius 2 is 1.65 bits per heavy atom. The van der Waals surface area contributed by atoms with Crippen molar-refractivity contribution in [2.45, 2.75) is 37.8 Å². The molecule has 0 radical (unpaired) electrons. The van der Waals surface area contributed by atoms with Gasteiger partial charge in [0.15, 0.2) is 0 Å². The summed E-state index contributed by atoms with van der Waals surface area (Å²) in [5.41, 5.74) is 5.49. The third kappa shape index (κ3) is 2.26. The minimum atomic E-state index is 0.658. The summed E-state index contributed by atoms with van der Waals surface area (Å²) in [5, 5.41) is 3.74. The van der Waals surface area contributed by atoms with Gasteiger partial charge in [-0.1, -0.05) is 39.7 Å². The fraction of sp³-hybridized carbons (Fsp3) is 0.300. The molecule has 2 nitrogen and oxygen atoms in total. The van der Waals surface area contributed by atoms with Crippen molar-refractivity contribution in [3.8, 4) is 11.5 Å². The van der Waals surface area contributed by atoms with Crippen molar-refractivity contribution in [1.82, 2.24) is 5.32 Å². The summed E-state index contributed by atoms with van der Waals surface area (Å²) < 4.78 is 7.23. The van der Waals surface area contributed by atoms with E-state index < -0.39 is 0 Å². The standard InChI is InChI=1S/C20H18BrNO/c21-13-5-8-17-19(11-13)23-18-4-2-1-3-16(18)20(17)12-9-14-6-7-15(10-12)22-14/h1-5,8,11,14-15,22H,6-7,9-10H2. The Labute approximate surface area is 144 Å². The minimum absolute atomic E-state index is 0.658. The number of nitrogens with one attached hydrogen (secondary N) is 1. The van der Waals surface area contributed by atoms with E-state index in [9.17, 15) is 0 Å². The van der Waals surface area contributed by atoms with E-state index in [1.807, 2.05) is 0 Å². The van der Waals surface area contributed by atoms with Crippen molar-refractivity contribution in [2.24, 2.45) is 0 Å². The maximum absolute atomic E-state index is 6.17. The van der Waals surface area contributed by atoms with E-state index >= 15 is 0 Å². The zero-order valence-electron chi connectivity index (χ0n) is 12.8. The van der Waals surface area contributed by atoms with E-state index in [0.29, 0.717) is 12.1 Å². The first-order valence-corrected chi connectivity index (χ1v) is 9.12. The molecule has 2 unspecified atom stereocenters. The first-order valence-electron chi connectivity index (χ1n) is 8.33. The summed E-state index contributed by atoms with van der Waals surface area (Å²) in [6.45, 7) is 0. The van der Waals surface area contributed by atoms with Crippen LogP contribution in [0.15, 0.2) is 52.5 Å². The number of piperidine rings is 1. The average molecular weight is 368 g/mol. The van der Waals surface area contributed by atoms with Crippen LogP contribution in [0, 0.1) is 0 Å². The largest absolute Gasteiger partial charge is 0.456 e. The van der Waals surface area contributed by atoms with Crippen molar-refractivity contribution in [2.75, 3.05) is 0 Å². The predicted molar refractivity (Wildman–Crippen MR) is 95.9 cm³/mol. The molecule has 0 spiro atoms. The molecule has 2 bridgehead atoms. The SMILES string of the molecule is Brc1ccc2c(c1)Oc1ccccc1C2=C1CC2CCC(C1)N2. The van der Waals surface area contributed by atoms with E-state index in [0.717, 1.165) is 28.8 Å². The van der Waals surface area contributed by atoms with Crippen molar-refractivity contribution < 1.29 is 4.74 Å². The van der Waals surface area contributed by atoms with Crippen molar-refractivity contribution in [3.05, 3.63) is 63.6 Å². The average Bonchev–Trinajstić information content (AvgIpc) is 2.90. The summed E-state index contributed by atoms with van der Waals surface area (Å²) in [7, 11) is 0. The summed E-state index contributed by atoms with van der Waals surface area (Å²) in [5.74, 6) is 1.94. The van der Waals surface area contributed by atoms with Gasteiger partial charge in [-0.25, -0.2) is 0 Å². The number of hydrogen-bond acceptors (Lipinski definition) is 2. The van der Waals surface area contributed by atoms with Crippen LogP contribution in [-0.4, -0.2) is 12.1 Å². The molecule has 1 N–H and O–H groups in total. The lowest BCUT2D eigenvalue weighted by molar-refractivity contribution is 0.465. The molecule has 3 heterocycles. The molecule has 0 aromatic heterocycles. The van der Waals surface area contributed by atoms with Crippen molar-refractivity contribution >= 4 is 21.5 Å². The quantitative estimate of drug-likeness (QED) is 0.584. The second kappa shape index (κ2) is 5.22. The van der Waals surface area contributed by atoms with Crippen molar-refractivity contribution in [3.63, 3.8) is 0 Å². The second-order valence-corrected chi connectivity index (χ2v) is 7.68. The van der Waals surface area contributed by atoms with Crippen LogP contribution in [0.2, 0.25) is 0 Å². The van der Waals surface area contributed by atoms with E-state index in [4.69, 9.17) is 4.74 Å². The Bertz CT molecular complexity index is 812. The molecule has 3 heteroatoms. The topological polar surface area (TPSA) is 21.3 Å². The molecule has 23 heavy (non-hydrogen) atoms. The highest BCUT2D eigenvalue weighted by Crippen LogP contribution is 2.48. The molecule has 5 rings (SSSR count). The van der Waals surface area contributed by atoms with Gasteiger partial charge in [0.25, 0.3) is 0 Å². The number of ether oxygens (including phenoxy) is 1. The van der Waals surface area contributed by atoms with Crippen LogP contribution in [0.3, 0.4) is 0 Å². The summed E-state index contributed by atoms with van der Waals surface area (Å²) in [6, 6.07) is 16.2. The number of halogens is 1. The van der Waals surface area contributed by atoms with Gasteiger partial charge in [-0.05, 0) is 55.5 Å². The highest BCUT2D eigenvalue weighted by molar-refractivity contribution is 9.10.